The lowest BCUT2D eigenvalue weighted by atomic mass is 9.94. The van der Waals surface area contributed by atoms with Crippen molar-refractivity contribution in [1.82, 2.24) is 10.6 Å². The van der Waals surface area contributed by atoms with Gasteiger partial charge in [-0.15, -0.1) is 0 Å². The first kappa shape index (κ1) is 18.4. The molecule has 1 atom stereocenters. The van der Waals surface area contributed by atoms with Crippen LogP contribution in [0.1, 0.15) is 25.5 Å². The Kier molecular flexibility index (Phi) is 5.40. The second kappa shape index (κ2) is 7.90. The number of hydrogen-bond acceptors (Lipinski definition) is 3. The number of urea groups is 1. The van der Waals surface area contributed by atoms with Crippen molar-refractivity contribution in [3.8, 4) is 5.75 Å². The van der Waals surface area contributed by atoms with E-state index in [-0.39, 0.29) is 11.1 Å². The van der Waals surface area contributed by atoms with Crippen molar-refractivity contribution in [3.63, 3.8) is 0 Å². The van der Waals surface area contributed by atoms with Gasteiger partial charge in [-0.1, -0.05) is 18.2 Å². The fourth-order valence-corrected chi connectivity index (χ4v) is 2.94. The van der Waals surface area contributed by atoms with E-state index < -0.39 is 23.8 Å². The number of halogens is 1. The summed E-state index contributed by atoms with van der Waals surface area (Å²) < 4.78 is 19.6. The van der Waals surface area contributed by atoms with E-state index in [1.807, 2.05) is 6.92 Å². The zero-order chi connectivity index (χ0) is 19.4. The Morgan fingerprint density at radius 2 is 1.89 bits per heavy atom. The maximum absolute atomic E-state index is 14.3. The highest BCUT2D eigenvalue weighted by molar-refractivity contribution is 6.06. The molecule has 3 rings (SSSR count). The third-order valence-corrected chi connectivity index (χ3v) is 4.15. The summed E-state index contributed by atoms with van der Waals surface area (Å²) in [6.45, 7) is 4.05. The highest BCUT2D eigenvalue weighted by Crippen LogP contribution is 2.29. The molecule has 0 aromatic heterocycles. The molecule has 0 bridgehead atoms. The number of allylic oxidation sites excluding steroid dienone is 1. The number of rotatable bonds is 5. The Morgan fingerprint density at radius 3 is 2.56 bits per heavy atom. The first-order valence-electron chi connectivity index (χ1n) is 8.56. The summed E-state index contributed by atoms with van der Waals surface area (Å²) in [6, 6.07) is 11.6. The van der Waals surface area contributed by atoms with Crippen molar-refractivity contribution < 1.29 is 18.7 Å². The van der Waals surface area contributed by atoms with Gasteiger partial charge in [0.25, 0.3) is 5.91 Å². The smallest absolute Gasteiger partial charge is 0.319 e. The van der Waals surface area contributed by atoms with E-state index in [4.69, 9.17) is 4.74 Å². The van der Waals surface area contributed by atoms with Gasteiger partial charge in [-0.25, -0.2) is 9.18 Å². The monoisotopic (exact) mass is 369 g/mol. The van der Waals surface area contributed by atoms with E-state index in [2.05, 4.69) is 16.0 Å². The molecular weight excluding hydrogens is 349 g/mol. The normalized spacial score (nSPS) is 16.4. The molecule has 7 heteroatoms. The average molecular weight is 369 g/mol. The zero-order valence-corrected chi connectivity index (χ0v) is 15.0. The van der Waals surface area contributed by atoms with Crippen LogP contribution >= 0.6 is 0 Å². The third-order valence-electron chi connectivity index (χ3n) is 4.15. The molecule has 0 saturated heterocycles. The molecule has 0 aliphatic carbocycles. The molecule has 0 saturated carbocycles. The topological polar surface area (TPSA) is 79.5 Å². The molecule has 2 aromatic carbocycles. The highest BCUT2D eigenvalue weighted by Gasteiger charge is 2.32. The van der Waals surface area contributed by atoms with Gasteiger partial charge in [0.15, 0.2) is 0 Å². The number of nitrogens with one attached hydrogen (secondary N) is 3. The van der Waals surface area contributed by atoms with E-state index >= 15 is 0 Å². The molecule has 140 valence electrons. The van der Waals surface area contributed by atoms with E-state index in [1.165, 1.54) is 6.07 Å². The van der Waals surface area contributed by atoms with Gasteiger partial charge < -0.3 is 20.7 Å². The molecular formula is C20H20FN3O3. The predicted octanol–water partition coefficient (Wildman–Crippen LogP) is 3.49. The molecule has 27 heavy (non-hydrogen) atoms. The van der Waals surface area contributed by atoms with Crippen molar-refractivity contribution in [1.29, 1.82) is 0 Å². The molecule has 0 radical (unpaired) electrons. The van der Waals surface area contributed by atoms with Crippen LogP contribution in [0.15, 0.2) is 59.8 Å². The Bertz CT molecular complexity index is 894. The summed E-state index contributed by atoms with van der Waals surface area (Å²) in [7, 11) is 0. The van der Waals surface area contributed by atoms with Gasteiger partial charge in [-0.3, -0.25) is 4.79 Å². The largest absolute Gasteiger partial charge is 0.494 e. The van der Waals surface area contributed by atoms with Crippen LogP contribution in [0.5, 0.6) is 5.75 Å². The molecule has 3 N–H and O–H groups in total. The lowest BCUT2D eigenvalue weighted by Gasteiger charge is -2.28. The standard InChI is InChI=1S/C20H20FN3O3/c1-3-27-14-10-8-13(9-11-14)23-19(25)17-12(2)22-20(26)24-18(17)15-6-4-5-7-16(15)21/h4-11,18H,3H2,1-2H3,(H,23,25)(H2,22,24,26)/t18-/m1/s1. The second-order valence-corrected chi connectivity index (χ2v) is 6.00. The molecule has 0 fully saturated rings. The van der Waals surface area contributed by atoms with Gasteiger partial charge in [0.2, 0.25) is 0 Å². The number of amides is 3. The quantitative estimate of drug-likeness (QED) is 0.755. The van der Waals surface area contributed by atoms with Crippen LogP contribution in [0.25, 0.3) is 0 Å². The summed E-state index contributed by atoms with van der Waals surface area (Å²) in [6.07, 6.45) is 0. The molecule has 1 heterocycles. The fourth-order valence-electron chi connectivity index (χ4n) is 2.94. The summed E-state index contributed by atoms with van der Waals surface area (Å²) in [5, 5.41) is 7.96. The molecule has 1 aliphatic rings. The van der Waals surface area contributed by atoms with Gasteiger partial charge in [-0.05, 0) is 44.2 Å². The summed E-state index contributed by atoms with van der Waals surface area (Å²) in [5.74, 6) is -0.233. The average Bonchev–Trinajstić information content (AvgIpc) is 2.63. The number of carbonyl (C=O) groups is 2. The highest BCUT2D eigenvalue weighted by atomic mass is 19.1. The van der Waals surface area contributed by atoms with Gasteiger partial charge >= 0.3 is 6.03 Å². The lowest BCUT2D eigenvalue weighted by molar-refractivity contribution is -0.113. The first-order valence-corrected chi connectivity index (χ1v) is 8.56. The summed E-state index contributed by atoms with van der Waals surface area (Å²) in [5.41, 5.74) is 1.40. The van der Waals surface area contributed by atoms with Crippen LogP contribution in [0.2, 0.25) is 0 Å². The van der Waals surface area contributed by atoms with Crippen LogP contribution in [-0.4, -0.2) is 18.5 Å². The molecule has 0 unspecified atom stereocenters. The molecule has 1 aliphatic heterocycles. The second-order valence-electron chi connectivity index (χ2n) is 6.00. The minimum Gasteiger partial charge on any atom is -0.494 e. The lowest BCUT2D eigenvalue weighted by Crippen LogP contribution is -2.46. The van der Waals surface area contributed by atoms with E-state index in [0.29, 0.717) is 23.7 Å². The minimum absolute atomic E-state index is 0.226. The Morgan fingerprint density at radius 1 is 1.19 bits per heavy atom. The van der Waals surface area contributed by atoms with Crippen LogP contribution in [0.3, 0.4) is 0 Å². The summed E-state index contributed by atoms with van der Waals surface area (Å²) in [4.78, 5) is 24.7. The Labute approximate surface area is 156 Å². The van der Waals surface area contributed by atoms with Crippen LogP contribution < -0.4 is 20.7 Å². The fraction of sp³-hybridized carbons (Fsp3) is 0.200. The molecule has 6 nitrogen and oxygen atoms in total. The van der Waals surface area contributed by atoms with Gasteiger partial charge in [0, 0.05) is 16.9 Å². The van der Waals surface area contributed by atoms with Crippen LogP contribution in [-0.2, 0) is 4.79 Å². The van der Waals surface area contributed by atoms with Crippen molar-refractivity contribution in [2.75, 3.05) is 11.9 Å². The number of carbonyl (C=O) groups excluding carboxylic acids is 2. The maximum atomic E-state index is 14.3. The van der Waals surface area contributed by atoms with Crippen LogP contribution in [0, 0.1) is 5.82 Å². The number of anilines is 1. The van der Waals surface area contributed by atoms with Gasteiger partial charge in [0.1, 0.15) is 11.6 Å². The number of hydrogen-bond donors (Lipinski definition) is 3. The predicted molar refractivity (Wildman–Crippen MR) is 99.7 cm³/mol. The van der Waals surface area contributed by atoms with E-state index in [0.717, 1.165) is 0 Å². The first-order chi connectivity index (χ1) is 13.0. The van der Waals surface area contributed by atoms with E-state index in [9.17, 15) is 14.0 Å². The summed E-state index contributed by atoms with van der Waals surface area (Å²) >= 11 is 0. The molecule has 3 amide bonds. The van der Waals surface area contributed by atoms with Crippen molar-refractivity contribution in [2.24, 2.45) is 0 Å². The SMILES string of the molecule is CCOc1ccc(NC(=O)C2=C(C)NC(=O)N[C@@H]2c2ccccc2F)cc1. The van der Waals surface area contributed by atoms with Crippen molar-refractivity contribution in [2.45, 2.75) is 19.9 Å². The van der Waals surface area contributed by atoms with Crippen LogP contribution in [0.4, 0.5) is 14.9 Å². The number of benzene rings is 2. The molecule has 2 aromatic rings. The van der Waals surface area contributed by atoms with E-state index in [1.54, 1.807) is 49.4 Å². The minimum atomic E-state index is -0.886. The third kappa shape index (κ3) is 4.08. The van der Waals surface area contributed by atoms with Crippen molar-refractivity contribution in [3.05, 3.63) is 71.2 Å². The maximum Gasteiger partial charge on any atom is 0.319 e. The Balaban J connectivity index is 1.88. The number of ether oxygens (including phenoxy) is 1. The van der Waals surface area contributed by atoms with Crippen molar-refractivity contribution >= 4 is 17.6 Å². The van der Waals surface area contributed by atoms with Gasteiger partial charge in [-0.2, -0.15) is 0 Å². The van der Waals surface area contributed by atoms with Gasteiger partial charge in [0.05, 0.1) is 18.2 Å². The zero-order valence-electron chi connectivity index (χ0n) is 15.0. The molecule has 0 spiro atoms. The Hall–Kier alpha value is -3.35.